The predicted molar refractivity (Wildman–Crippen MR) is 88.6 cm³/mol. The predicted octanol–water partition coefficient (Wildman–Crippen LogP) is 2.88. The van der Waals surface area contributed by atoms with Crippen LogP contribution in [0, 0.1) is 5.92 Å². The number of urea groups is 1. The Bertz CT molecular complexity index is 497. The SMILES string of the molecule is CC(C)CCN(C(=O)C[C@@H](NC(N)=O)c1cccs1)C1CC1. The lowest BCUT2D eigenvalue weighted by Crippen LogP contribution is -2.39. The van der Waals surface area contributed by atoms with Crippen LogP contribution in [0.3, 0.4) is 0 Å². The Hall–Kier alpha value is -1.56. The van der Waals surface area contributed by atoms with Crippen molar-refractivity contribution in [3.63, 3.8) is 0 Å². The molecule has 0 bridgehead atoms. The summed E-state index contributed by atoms with van der Waals surface area (Å²) in [4.78, 5) is 26.8. The van der Waals surface area contributed by atoms with Gasteiger partial charge in [0.15, 0.2) is 0 Å². The minimum absolute atomic E-state index is 0.107. The van der Waals surface area contributed by atoms with Crippen molar-refractivity contribution in [3.05, 3.63) is 22.4 Å². The number of amides is 3. The Morgan fingerprint density at radius 1 is 1.45 bits per heavy atom. The van der Waals surface area contributed by atoms with Gasteiger partial charge in [0.05, 0.1) is 12.5 Å². The van der Waals surface area contributed by atoms with Crippen molar-refractivity contribution in [2.45, 2.75) is 51.6 Å². The molecule has 2 rings (SSSR count). The maximum Gasteiger partial charge on any atom is 0.312 e. The van der Waals surface area contributed by atoms with E-state index in [1.807, 2.05) is 22.4 Å². The van der Waals surface area contributed by atoms with Crippen molar-refractivity contribution in [2.75, 3.05) is 6.54 Å². The van der Waals surface area contributed by atoms with E-state index in [1.54, 1.807) is 0 Å². The molecule has 0 radical (unpaired) electrons. The number of nitrogens with one attached hydrogen (secondary N) is 1. The minimum Gasteiger partial charge on any atom is -0.352 e. The van der Waals surface area contributed by atoms with Crippen molar-refractivity contribution in [1.82, 2.24) is 10.2 Å². The van der Waals surface area contributed by atoms with Crippen LogP contribution in [0.5, 0.6) is 0 Å². The number of nitrogens with zero attached hydrogens (tertiary/aromatic N) is 1. The number of hydrogen-bond donors (Lipinski definition) is 2. The van der Waals surface area contributed by atoms with Gasteiger partial charge in [-0.1, -0.05) is 19.9 Å². The smallest absolute Gasteiger partial charge is 0.312 e. The molecule has 1 aliphatic carbocycles. The second-order valence-electron chi connectivity index (χ2n) is 6.28. The van der Waals surface area contributed by atoms with E-state index in [4.69, 9.17) is 5.73 Å². The van der Waals surface area contributed by atoms with E-state index in [9.17, 15) is 9.59 Å². The van der Waals surface area contributed by atoms with Crippen LogP contribution in [-0.4, -0.2) is 29.4 Å². The molecule has 3 N–H and O–H groups in total. The first-order chi connectivity index (χ1) is 10.5. The van der Waals surface area contributed by atoms with Crippen molar-refractivity contribution < 1.29 is 9.59 Å². The second-order valence-corrected chi connectivity index (χ2v) is 7.26. The van der Waals surface area contributed by atoms with Gasteiger partial charge >= 0.3 is 6.03 Å². The van der Waals surface area contributed by atoms with Gasteiger partial charge in [0.2, 0.25) is 5.91 Å². The van der Waals surface area contributed by atoms with Gasteiger partial charge in [-0.15, -0.1) is 11.3 Å². The largest absolute Gasteiger partial charge is 0.352 e. The summed E-state index contributed by atoms with van der Waals surface area (Å²) >= 11 is 1.53. The van der Waals surface area contributed by atoms with Crippen molar-refractivity contribution in [1.29, 1.82) is 0 Å². The molecule has 0 saturated heterocycles. The summed E-state index contributed by atoms with van der Waals surface area (Å²) in [6, 6.07) is 3.31. The first-order valence-electron chi connectivity index (χ1n) is 7.86. The Labute approximate surface area is 135 Å². The number of hydrogen-bond acceptors (Lipinski definition) is 3. The zero-order valence-electron chi connectivity index (χ0n) is 13.2. The van der Waals surface area contributed by atoms with Crippen LogP contribution in [0.15, 0.2) is 17.5 Å². The third kappa shape index (κ3) is 5.02. The monoisotopic (exact) mass is 323 g/mol. The Morgan fingerprint density at radius 3 is 2.68 bits per heavy atom. The normalized spacial score (nSPS) is 15.6. The average molecular weight is 323 g/mol. The fourth-order valence-electron chi connectivity index (χ4n) is 2.47. The van der Waals surface area contributed by atoms with Crippen LogP contribution < -0.4 is 11.1 Å². The summed E-state index contributed by atoms with van der Waals surface area (Å²) in [5, 5.41) is 4.63. The highest BCUT2D eigenvalue weighted by molar-refractivity contribution is 7.10. The maximum atomic E-state index is 12.7. The Balaban J connectivity index is 2.00. The molecule has 1 aromatic rings. The summed E-state index contributed by atoms with van der Waals surface area (Å²) in [7, 11) is 0. The van der Waals surface area contributed by atoms with Gasteiger partial charge < -0.3 is 16.0 Å². The van der Waals surface area contributed by atoms with E-state index in [2.05, 4.69) is 19.2 Å². The topological polar surface area (TPSA) is 75.4 Å². The van der Waals surface area contributed by atoms with E-state index >= 15 is 0 Å². The first kappa shape index (κ1) is 16.8. The molecule has 22 heavy (non-hydrogen) atoms. The second kappa shape index (κ2) is 7.63. The zero-order chi connectivity index (χ0) is 16.1. The fraction of sp³-hybridized carbons (Fsp3) is 0.625. The lowest BCUT2D eigenvalue weighted by atomic mass is 10.1. The summed E-state index contributed by atoms with van der Waals surface area (Å²) in [5.74, 6) is 0.682. The van der Waals surface area contributed by atoms with E-state index in [0.717, 1.165) is 30.7 Å². The third-order valence-electron chi connectivity index (χ3n) is 3.84. The lowest BCUT2D eigenvalue weighted by Gasteiger charge is -2.26. The molecule has 5 nitrogen and oxygen atoms in total. The standard InChI is InChI=1S/C16H25N3O2S/c1-11(2)7-8-19(12-5-6-12)15(20)10-13(18-16(17)21)14-4-3-9-22-14/h3-4,9,11-13H,5-8,10H2,1-2H3,(H3,17,18,21)/t13-/m1/s1. The molecule has 0 aliphatic heterocycles. The number of carbonyl (C=O) groups excluding carboxylic acids is 2. The number of carbonyl (C=O) groups is 2. The molecule has 1 aliphatic rings. The molecule has 0 aromatic carbocycles. The molecular formula is C16H25N3O2S. The molecule has 0 spiro atoms. The molecule has 1 aromatic heterocycles. The Kier molecular flexibility index (Phi) is 5.83. The third-order valence-corrected chi connectivity index (χ3v) is 4.82. The minimum atomic E-state index is -0.591. The number of thiophene rings is 1. The highest BCUT2D eigenvalue weighted by Crippen LogP contribution is 2.30. The molecular weight excluding hydrogens is 298 g/mol. The van der Waals surface area contributed by atoms with Crippen LogP contribution in [0.2, 0.25) is 0 Å². The highest BCUT2D eigenvalue weighted by atomic mass is 32.1. The highest BCUT2D eigenvalue weighted by Gasteiger charge is 2.33. The van der Waals surface area contributed by atoms with Gasteiger partial charge in [0.25, 0.3) is 0 Å². The van der Waals surface area contributed by atoms with Gasteiger partial charge in [0, 0.05) is 17.5 Å². The molecule has 1 heterocycles. The summed E-state index contributed by atoms with van der Waals surface area (Å²) in [5.41, 5.74) is 5.25. The average Bonchev–Trinajstić information content (AvgIpc) is 3.11. The molecule has 122 valence electrons. The van der Waals surface area contributed by atoms with Crippen LogP contribution in [-0.2, 0) is 4.79 Å². The van der Waals surface area contributed by atoms with Gasteiger partial charge in [-0.25, -0.2) is 4.79 Å². The lowest BCUT2D eigenvalue weighted by molar-refractivity contribution is -0.132. The van der Waals surface area contributed by atoms with E-state index in [1.165, 1.54) is 11.3 Å². The number of primary amides is 1. The molecule has 1 saturated carbocycles. The van der Waals surface area contributed by atoms with Crippen LogP contribution in [0.4, 0.5) is 4.79 Å². The summed E-state index contributed by atoms with van der Waals surface area (Å²) in [6.45, 7) is 5.13. The molecule has 6 heteroatoms. The van der Waals surface area contributed by atoms with Gasteiger partial charge in [0.1, 0.15) is 0 Å². The number of rotatable bonds is 8. The van der Waals surface area contributed by atoms with Crippen molar-refractivity contribution >= 4 is 23.3 Å². The van der Waals surface area contributed by atoms with Crippen LogP contribution in [0.25, 0.3) is 0 Å². The van der Waals surface area contributed by atoms with Gasteiger partial charge in [-0.3, -0.25) is 4.79 Å². The van der Waals surface area contributed by atoms with E-state index in [-0.39, 0.29) is 18.4 Å². The van der Waals surface area contributed by atoms with E-state index in [0.29, 0.717) is 12.0 Å². The van der Waals surface area contributed by atoms with Crippen LogP contribution in [0.1, 0.15) is 50.4 Å². The van der Waals surface area contributed by atoms with Crippen LogP contribution >= 0.6 is 11.3 Å². The van der Waals surface area contributed by atoms with Crippen molar-refractivity contribution in [3.8, 4) is 0 Å². The first-order valence-corrected chi connectivity index (χ1v) is 8.74. The zero-order valence-corrected chi connectivity index (χ0v) is 14.1. The number of nitrogens with two attached hydrogens (primary N) is 1. The Morgan fingerprint density at radius 2 is 2.18 bits per heavy atom. The molecule has 0 unspecified atom stereocenters. The van der Waals surface area contributed by atoms with Gasteiger partial charge in [-0.2, -0.15) is 0 Å². The van der Waals surface area contributed by atoms with Crippen molar-refractivity contribution in [2.24, 2.45) is 11.7 Å². The molecule has 1 atom stereocenters. The summed E-state index contributed by atoms with van der Waals surface area (Å²) in [6.07, 6.45) is 3.47. The quantitative estimate of drug-likeness (QED) is 0.772. The summed E-state index contributed by atoms with van der Waals surface area (Å²) < 4.78 is 0. The fourth-order valence-corrected chi connectivity index (χ4v) is 3.25. The van der Waals surface area contributed by atoms with E-state index < -0.39 is 6.03 Å². The van der Waals surface area contributed by atoms with Gasteiger partial charge in [-0.05, 0) is 36.6 Å². The molecule has 1 fully saturated rings. The maximum absolute atomic E-state index is 12.7. The molecule has 3 amide bonds.